The van der Waals surface area contributed by atoms with Gasteiger partial charge in [-0.25, -0.2) is 10.2 Å². The number of ether oxygens (including phenoxy) is 1. The van der Waals surface area contributed by atoms with Crippen LogP contribution in [0.1, 0.15) is 41.5 Å². The van der Waals surface area contributed by atoms with Gasteiger partial charge in [-0.2, -0.15) is 0 Å². The van der Waals surface area contributed by atoms with Crippen LogP contribution in [-0.2, 0) is 23.9 Å². The van der Waals surface area contributed by atoms with Crippen molar-refractivity contribution < 1.29 is 23.9 Å². The van der Waals surface area contributed by atoms with Crippen LogP contribution in [0.15, 0.2) is 0 Å². The molecule has 0 heterocycles. The molecule has 0 aliphatic rings. The molecule has 28 heavy (non-hydrogen) atoms. The molecule has 2 atom stereocenters. The average Bonchev–Trinajstić information content (AvgIpc) is 2.61. The van der Waals surface area contributed by atoms with Crippen molar-refractivity contribution in [3.63, 3.8) is 0 Å². The number of methoxy groups -OCH3 is 1. The van der Waals surface area contributed by atoms with E-state index in [4.69, 9.17) is 0 Å². The van der Waals surface area contributed by atoms with Crippen molar-refractivity contribution in [1.82, 2.24) is 26.9 Å². The Balaban J connectivity index is -0.000000392. The molecule has 0 aromatic carbocycles. The highest BCUT2D eigenvalue weighted by Gasteiger charge is 2.17. The maximum atomic E-state index is 11.2. The minimum Gasteiger partial charge on any atom is -0.467 e. The van der Waals surface area contributed by atoms with Gasteiger partial charge in [0.2, 0.25) is 11.8 Å². The van der Waals surface area contributed by atoms with Gasteiger partial charge in [0.05, 0.1) is 7.11 Å². The molecule has 0 aliphatic heterocycles. The van der Waals surface area contributed by atoms with E-state index in [9.17, 15) is 19.2 Å². The number of carbonyl (C=O) groups excluding carboxylic acids is 4. The van der Waals surface area contributed by atoms with Crippen molar-refractivity contribution in [1.29, 1.82) is 0 Å². The summed E-state index contributed by atoms with van der Waals surface area (Å²) in [5, 5.41) is 5.09. The minimum absolute atomic E-state index is 0.107. The number of hydrazine groups is 2. The molecule has 0 aromatic rings. The molecule has 166 valence electrons. The van der Waals surface area contributed by atoms with Crippen molar-refractivity contribution in [2.45, 2.75) is 53.6 Å². The van der Waals surface area contributed by atoms with Crippen molar-refractivity contribution in [2.75, 3.05) is 21.2 Å². The Morgan fingerprint density at radius 3 is 1.39 bits per heavy atom. The van der Waals surface area contributed by atoms with E-state index in [0.29, 0.717) is 0 Å². The van der Waals surface area contributed by atoms with E-state index in [1.807, 2.05) is 0 Å². The first-order valence-electron chi connectivity index (χ1n) is 8.91. The van der Waals surface area contributed by atoms with Crippen LogP contribution in [0.3, 0.4) is 0 Å². The molecule has 0 bridgehead atoms. The van der Waals surface area contributed by atoms with Gasteiger partial charge in [-0.3, -0.25) is 31.1 Å². The molecule has 3 amide bonds. The maximum absolute atomic E-state index is 11.2. The Labute approximate surface area is 167 Å². The van der Waals surface area contributed by atoms with E-state index < -0.39 is 18.1 Å². The summed E-state index contributed by atoms with van der Waals surface area (Å²) in [4.78, 5) is 44.2. The smallest absolute Gasteiger partial charge is 0.328 e. The Morgan fingerprint density at radius 1 is 0.750 bits per heavy atom. The number of carbonyl (C=O) groups is 4. The number of hydrogen-bond donors (Lipinski definition) is 6. The van der Waals surface area contributed by atoms with Crippen LogP contribution < -0.4 is 32.8 Å². The maximum Gasteiger partial charge on any atom is 0.328 e. The molecule has 0 saturated heterocycles. The zero-order chi connectivity index (χ0) is 22.9. The molecule has 0 aliphatic carbocycles. The lowest BCUT2D eigenvalue weighted by Gasteiger charge is -2.14. The third kappa shape index (κ3) is 17.2. The molecule has 11 heteroatoms. The van der Waals surface area contributed by atoms with E-state index in [-0.39, 0.29) is 29.6 Å². The van der Waals surface area contributed by atoms with E-state index in [0.717, 1.165) is 0 Å². The molecular weight excluding hydrogens is 368 g/mol. The quantitative estimate of drug-likeness (QED) is 0.174. The van der Waals surface area contributed by atoms with Gasteiger partial charge in [0.1, 0.15) is 12.1 Å². The lowest BCUT2D eigenvalue weighted by molar-refractivity contribution is -0.144. The fourth-order valence-electron chi connectivity index (χ4n) is 1.29. The first-order valence-corrected chi connectivity index (χ1v) is 8.91. The monoisotopic (exact) mass is 406 g/mol. The molecule has 0 saturated carbocycles. The molecule has 7 N–H and O–H groups in total. The summed E-state index contributed by atoms with van der Waals surface area (Å²) in [6, 6.07) is -1.08. The standard InChI is InChI=1S/C8H17N3O2.C8H15NO3.CH6N2/c1-5(2)7(12)10-6(3)8(13)11-9-4;1-5(2)7(10)9-6(3)8(11)12-4;1-3-2/h5-6,9H,1-4H3,(H,10,12)(H,11,13);5-6H,1-4H3,(H,9,10);3H,2H2,1H3. The van der Waals surface area contributed by atoms with Crippen molar-refractivity contribution in [3.05, 3.63) is 0 Å². The van der Waals surface area contributed by atoms with Crippen molar-refractivity contribution in [2.24, 2.45) is 17.7 Å². The summed E-state index contributed by atoms with van der Waals surface area (Å²) in [7, 11) is 4.54. The van der Waals surface area contributed by atoms with Crippen LogP contribution in [0, 0.1) is 11.8 Å². The zero-order valence-corrected chi connectivity index (χ0v) is 18.4. The van der Waals surface area contributed by atoms with Crippen LogP contribution in [0.25, 0.3) is 0 Å². The van der Waals surface area contributed by atoms with E-state index in [2.05, 4.69) is 37.5 Å². The summed E-state index contributed by atoms with van der Waals surface area (Å²) in [5.74, 6) is 3.43. The van der Waals surface area contributed by atoms with E-state index in [1.54, 1.807) is 55.6 Å². The lowest BCUT2D eigenvalue weighted by atomic mass is 10.2. The van der Waals surface area contributed by atoms with Gasteiger partial charge in [0.15, 0.2) is 0 Å². The van der Waals surface area contributed by atoms with Crippen LogP contribution in [-0.4, -0.2) is 57.0 Å². The van der Waals surface area contributed by atoms with Crippen LogP contribution in [0.5, 0.6) is 0 Å². The summed E-state index contributed by atoms with van der Waals surface area (Å²) in [5.41, 5.74) is 7.14. The molecule has 11 nitrogen and oxygen atoms in total. The first kappa shape index (κ1) is 30.5. The van der Waals surface area contributed by atoms with Gasteiger partial charge < -0.3 is 15.4 Å². The summed E-state index contributed by atoms with van der Waals surface area (Å²) < 4.78 is 4.44. The highest BCUT2D eigenvalue weighted by atomic mass is 16.5. The predicted molar refractivity (Wildman–Crippen MR) is 107 cm³/mol. The average molecular weight is 407 g/mol. The largest absolute Gasteiger partial charge is 0.467 e. The van der Waals surface area contributed by atoms with Gasteiger partial charge in [-0.1, -0.05) is 27.7 Å². The molecule has 2 unspecified atom stereocenters. The number of nitrogens with one attached hydrogen (secondary N) is 5. The second kappa shape index (κ2) is 18.1. The number of amides is 3. The lowest BCUT2D eigenvalue weighted by Crippen LogP contribution is -2.49. The SMILES string of the molecule is CNN.CNNC(=O)C(C)NC(=O)C(C)C.COC(=O)C(C)NC(=O)C(C)C. The fourth-order valence-corrected chi connectivity index (χ4v) is 1.29. The topological polar surface area (TPSA) is 164 Å². The van der Waals surface area contributed by atoms with Crippen LogP contribution in [0.2, 0.25) is 0 Å². The van der Waals surface area contributed by atoms with E-state index >= 15 is 0 Å². The molecule has 0 radical (unpaired) electrons. The summed E-state index contributed by atoms with van der Waals surface area (Å²) >= 11 is 0. The Bertz CT molecular complexity index is 471. The number of esters is 1. The van der Waals surface area contributed by atoms with Crippen LogP contribution in [0.4, 0.5) is 0 Å². The molecule has 0 fully saturated rings. The highest BCUT2D eigenvalue weighted by Crippen LogP contribution is 1.94. The van der Waals surface area contributed by atoms with Crippen LogP contribution >= 0.6 is 0 Å². The van der Waals surface area contributed by atoms with E-state index in [1.165, 1.54) is 7.11 Å². The normalized spacial score (nSPS) is 11.7. The van der Waals surface area contributed by atoms with Crippen molar-refractivity contribution in [3.8, 4) is 0 Å². The molecule has 0 rings (SSSR count). The first-order chi connectivity index (χ1) is 12.9. The third-order valence-electron chi connectivity index (χ3n) is 2.96. The van der Waals surface area contributed by atoms with Crippen molar-refractivity contribution >= 4 is 23.7 Å². The Morgan fingerprint density at radius 2 is 1.11 bits per heavy atom. The molecule has 0 aromatic heterocycles. The second-order valence-corrected chi connectivity index (χ2v) is 6.32. The van der Waals surface area contributed by atoms with Gasteiger partial charge in [0, 0.05) is 18.9 Å². The predicted octanol–water partition coefficient (Wildman–Crippen LogP) is -1.20. The van der Waals surface area contributed by atoms with Gasteiger partial charge >= 0.3 is 5.97 Å². The summed E-state index contributed by atoms with van der Waals surface area (Å²) in [6.45, 7) is 10.3. The number of nitrogens with two attached hydrogens (primary N) is 1. The molecular formula is C17H38N6O5. The van der Waals surface area contributed by atoms with Gasteiger partial charge in [0.25, 0.3) is 5.91 Å². The second-order valence-electron chi connectivity index (χ2n) is 6.32. The Kier molecular flexibility index (Phi) is 19.7. The number of rotatable bonds is 7. The minimum atomic E-state index is -0.565. The fraction of sp³-hybridized carbons (Fsp3) is 0.765. The molecule has 0 spiro atoms. The highest BCUT2D eigenvalue weighted by molar-refractivity contribution is 5.87. The third-order valence-corrected chi connectivity index (χ3v) is 2.96. The zero-order valence-electron chi connectivity index (χ0n) is 18.4. The number of hydrogen-bond acceptors (Lipinski definition) is 8. The van der Waals surface area contributed by atoms with Gasteiger partial charge in [-0.05, 0) is 20.9 Å². The van der Waals surface area contributed by atoms with Gasteiger partial charge in [-0.15, -0.1) is 0 Å². The summed E-state index contributed by atoms with van der Waals surface area (Å²) in [6.07, 6.45) is 0. The Hall–Kier alpha value is -2.24.